The van der Waals surface area contributed by atoms with E-state index in [4.69, 9.17) is 4.74 Å². The number of hydrogen-bond acceptors (Lipinski definition) is 3. The third kappa shape index (κ3) is 4.09. The highest BCUT2D eigenvalue weighted by atomic mass is 16.5. The van der Waals surface area contributed by atoms with Gasteiger partial charge in [0, 0.05) is 25.7 Å². The topological polar surface area (TPSA) is 24.5 Å². The van der Waals surface area contributed by atoms with Gasteiger partial charge in [-0.05, 0) is 26.0 Å². The molecule has 2 atom stereocenters. The molecule has 1 aromatic rings. The maximum absolute atomic E-state index is 5.74. The van der Waals surface area contributed by atoms with Crippen molar-refractivity contribution in [3.05, 3.63) is 35.9 Å². The van der Waals surface area contributed by atoms with Crippen molar-refractivity contribution in [1.29, 1.82) is 0 Å². The second-order valence-electron chi connectivity index (χ2n) is 5.18. The van der Waals surface area contributed by atoms with E-state index in [9.17, 15) is 0 Å². The lowest BCUT2D eigenvalue weighted by atomic mass is 10.1. The van der Waals surface area contributed by atoms with Crippen LogP contribution < -0.4 is 5.32 Å². The summed E-state index contributed by atoms with van der Waals surface area (Å²) in [5.41, 5.74) is 1.40. The first-order valence-electron chi connectivity index (χ1n) is 6.82. The third-order valence-corrected chi connectivity index (χ3v) is 3.62. The number of hydrogen-bond donors (Lipinski definition) is 1. The predicted molar refractivity (Wildman–Crippen MR) is 74.8 cm³/mol. The fraction of sp³-hybridized carbons (Fsp3) is 0.600. The first-order chi connectivity index (χ1) is 8.75. The number of ether oxygens (including phenoxy) is 1. The second kappa shape index (κ2) is 6.88. The van der Waals surface area contributed by atoms with E-state index in [1.54, 1.807) is 0 Å². The maximum atomic E-state index is 5.74. The van der Waals surface area contributed by atoms with Crippen molar-refractivity contribution < 1.29 is 4.74 Å². The second-order valence-corrected chi connectivity index (χ2v) is 5.18. The normalized spacial score (nSPS) is 22.1. The summed E-state index contributed by atoms with van der Waals surface area (Å²) >= 11 is 0. The van der Waals surface area contributed by atoms with Crippen molar-refractivity contribution >= 4 is 0 Å². The first kappa shape index (κ1) is 13.5. The Balaban J connectivity index is 1.79. The molecule has 1 aromatic carbocycles. The average molecular weight is 248 g/mol. The van der Waals surface area contributed by atoms with Gasteiger partial charge in [0.05, 0.1) is 12.7 Å². The van der Waals surface area contributed by atoms with Gasteiger partial charge in [-0.2, -0.15) is 0 Å². The summed E-state index contributed by atoms with van der Waals surface area (Å²) in [5, 5.41) is 3.38. The molecule has 3 heteroatoms. The van der Waals surface area contributed by atoms with Gasteiger partial charge in [0.2, 0.25) is 0 Å². The molecule has 1 aliphatic rings. The molecule has 3 nitrogen and oxygen atoms in total. The smallest absolute Gasteiger partial charge is 0.0826 e. The molecule has 2 rings (SSSR count). The van der Waals surface area contributed by atoms with E-state index in [1.807, 2.05) is 0 Å². The van der Waals surface area contributed by atoms with Gasteiger partial charge < -0.3 is 15.0 Å². The van der Waals surface area contributed by atoms with E-state index in [1.165, 1.54) is 5.56 Å². The van der Waals surface area contributed by atoms with Crippen molar-refractivity contribution in [2.45, 2.75) is 25.5 Å². The molecule has 0 aromatic heterocycles. The van der Waals surface area contributed by atoms with Crippen LogP contribution in [-0.2, 0) is 11.2 Å². The van der Waals surface area contributed by atoms with Crippen molar-refractivity contribution in [2.24, 2.45) is 0 Å². The number of nitrogens with zero attached hydrogens (tertiary/aromatic N) is 1. The maximum Gasteiger partial charge on any atom is 0.0826 e. The molecule has 0 radical (unpaired) electrons. The molecule has 0 aliphatic carbocycles. The Kier molecular flexibility index (Phi) is 5.17. The molecular formula is C15H24N2O. The van der Waals surface area contributed by atoms with Gasteiger partial charge in [-0.15, -0.1) is 0 Å². The molecule has 2 unspecified atom stereocenters. The Bertz CT molecular complexity index is 336. The summed E-state index contributed by atoms with van der Waals surface area (Å²) in [7, 11) is 2.19. The zero-order valence-corrected chi connectivity index (χ0v) is 11.4. The number of nitrogens with one attached hydrogen (secondary N) is 1. The summed E-state index contributed by atoms with van der Waals surface area (Å²) in [6.07, 6.45) is 1.43. The monoisotopic (exact) mass is 248 g/mol. The number of likely N-dealkylation sites (N-methyl/N-ethyl adjacent to an activating group) is 1. The average Bonchev–Trinajstić information content (AvgIpc) is 2.41. The van der Waals surface area contributed by atoms with Gasteiger partial charge in [0.15, 0.2) is 0 Å². The molecule has 0 spiro atoms. The molecule has 1 heterocycles. The van der Waals surface area contributed by atoms with Crippen LogP contribution >= 0.6 is 0 Å². The molecule has 0 saturated carbocycles. The summed E-state index contributed by atoms with van der Waals surface area (Å²) < 4.78 is 5.74. The number of morpholine rings is 1. The highest BCUT2D eigenvalue weighted by molar-refractivity contribution is 5.15. The molecule has 1 fully saturated rings. The van der Waals surface area contributed by atoms with Crippen LogP contribution in [0.25, 0.3) is 0 Å². The largest absolute Gasteiger partial charge is 0.374 e. The van der Waals surface area contributed by atoms with Crippen LogP contribution in [0, 0.1) is 0 Å². The Labute approximate surface area is 110 Å². The van der Waals surface area contributed by atoms with E-state index in [0.29, 0.717) is 12.1 Å². The zero-order valence-electron chi connectivity index (χ0n) is 11.4. The Hall–Kier alpha value is -0.900. The van der Waals surface area contributed by atoms with Crippen molar-refractivity contribution in [2.75, 3.05) is 33.3 Å². The van der Waals surface area contributed by atoms with Gasteiger partial charge in [-0.3, -0.25) is 0 Å². The third-order valence-electron chi connectivity index (χ3n) is 3.62. The summed E-state index contributed by atoms with van der Waals surface area (Å²) in [5.74, 6) is 0. The summed E-state index contributed by atoms with van der Waals surface area (Å²) in [4.78, 5) is 2.39. The Morgan fingerprint density at radius 1 is 1.39 bits per heavy atom. The molecule has 0 bridgehead atoms. The van der Waals surface area contributed by atoms with Crippen LogP contribution in [0.2, 0.25) is 0 Å². The van der Waals surface area contributed by atoms with Crippen LogP contribution in [0.3, 0.4) is 0 Å². The summed E-state index contributed by atoms with van der Waals surface area (Å²) in [6, 6.07) is 11.2. The molecular weight excluding hydrogens is 224 g/mol. The van der Waals surface area contributed by atoms with E-state index < -0.39 is 0 Å². The van der Waals surface area contributed by atoms with Crippen molar-refractivity contribution in [1.82, 2.24) is 10.2 Å². The summed E-state index contributed by atoms with van der Waals surface area (Å²) in [6.45, 7) is 6.08. The lowest BCUT2D eigenvalue weighted by molar-refractivity contribution is 0.00414. The quantitative estimate of drug-likeness (QED) is 0.855. The fourth-order valence-corrected chi connectivity index (χ4v) is 2.35. The van der Waals surface area contributed by atoms with Crippen LogP contribution in [0.5, 0.6) is 0 Å². The molecule has 1 aliphatic heterocycles. The Morgan fingerprint density at radius 2 is 2.17 bits per heavy atom. The van der Waals surface area contributed by atoms with Crippen LogP contribution in [0.15, 0.2) is 30.3 Å². The minimum atomic E-state index is 0.335. The van der Waals surface area contributed by atoms with E-state index >= 15 is 0 Å². The standard InChI is InChI=1S/C15H24N2O/c1-13(10-14-6-4-3-5-7-14)17(2)12-15-11-16-8-9-18-15/h3-7,13,15-16H,8-12H2,1-2H3. The Morgan fingerprint density at radius 3 is 2.83 bits per heavy atom. The minimum absolute atomic E-state index is 0.335. The van der Waals surface area contributed by atoms with E-state index in [-0.39, 0.29) is 0 Å². The highest BCUT2D eigenvalue weighted by Crippen LogP contribution is 2.09. The SMILES string of the molecule is CC(Cc1ccccc1)N(C)CC1CNCCO1. The molecule has 1 saturated heterocycles. The molecule has 18 heavy (non-hydrogen) atoms. The van der Waals surface area contributed by atoms with Crippen LogP contribution in [0.1, 0.15) is 12.5 Å². The fourth-order valence-electron chi connectivity index (χ4n) is 2.35. The predicted octanol–water partition coefficient (Wildman–Crippen LogP) is 1.54. The van der Waals surface area contributed by atoms with Crippen LogP contribution in [-0.4, -0.2) is 50.3 Å². The lowest BCUT2D eigenvalue weighted by Crippen LogP contribution is -2.46. The van der Waals surface area contributed by atoms with Crippen molar-refractivity contribution in [3.63, 3.8) is 0 Å². The molecule has 0 amide bonds. The van der Waals surface area contributed by atoms with E-state index in [2.05, 4.69) is 54.5 Å². The van der Waals surface area contributed by atoms with Crippen molar-refractivity contribution in [3.8, 4) is 0 Å². The zero-order chi connectivity index (χ0) is 12.8. The van der Waals surface area contributed by atoms with E-state index in [0.717, 1.165) is 32.7 Å². The van der Waals surface area contributed by atoms with Gasteiger partial charge >= 0.3 is 0 Å². The minimum Gasteiger partial charge on any atom is -0.374 e. The number of rotatable bonds is 5. The van der Waals surface area contributed by atoms with Gasteiger partial charge in [0.25, 0.3) is 0 Å². The van der Waals surface area contributed by atoms with Gasteiger partial charge in [-0.1, -0.05) is 30.3 Å². The molecule has 100 valence electrons. The first-order valence-corrected chi connectivity index (χ1v) is 6.82. The lowest BCUT2D eigenvalue weighted by Gasteiger charge is -2.31. The highest BCUT2D eigenvalue weighted by Gasteiger charge is 2.18. The van der Waals surface area contributed by atoms with Gasteiger partial charge in [-0.25, -0.2) is 0 Å². The van der Waals surface area contributed by atoms with Gasteiger partial charge in [0.1, 0.15) is 0 Å². The molecule has 1 N–H and O–H groups in total. The number of benzene rings is 1. The van der Waals surface area contributed by atoms with Crippen LogP contribution in [0.4, 0.5) is 0 Å².